The molecular formula is C17H24N2O. The van der Waals surface area contributed by atoms with E-state index in [1.165, 1.54) is 5.56 Å². The highest BCUT2D eigenvalue weighted by molar-refractivity contribution is 5.92. The van der Waals surface area contributed by atoms with Crippen LogP contribution >= 0.6 is 0 Å². The fraction of sp³-hybridized carbons (Fsp3) is 0.353. The van der Waals surface area contributed by atoms with Gasteiger partial charge in [0.2, 0.25) is 5.91 Å². The van der Waals surface area contributed by atoms with E-state index in [1.807, 2.05) is 29.2 Å². The summed E-state index contributed by atoms with van der Waals surface area (Å²) in [5.74, 6) is 0.474. The molecule has 1 aromatic rings. The summed E-state index contributed by atoms with van der Waals surface area (Å²) in [6.07, 6.45) is 3.57. The molecule has 0 bridgehead atoms. The lowest BCUT2D eigenvalue weighted by Crippen LogP contribution is -2.33. The van der Waals surface area contributed by atoms with Gasteiger partial charge in [-0.05, 0) is 23.6 Å². The van der Waals surface area contributed by atoms with Crippen LogP contribution in [0.5, 0.6) is 0 Å². The molecule has 1 rings (SSSR count). The molecule has 1 amide bonds. The number of nitrogens with zero attached hydrogens (tertiary/aromatic N) is 1. The van der Waals surface area contributed by atoms with Crippen LogP contribution in [-0.4, -0.2) is 30.4 Å². The number of carbonyl (C=O) groups is 1. The SMILES string of the molecule is C=CCN(CC=C)CC(=O)Nc1ccc(C(C)C)cc1. The van der Waals surface area contributed by atoms with Gasteiger partial charge in [0.15, 0.2) is 0 Å². The van der Waals surface area contributed by atoms with Gasteiger partial charge in [-0.25, -0.2) is 0 Å². The van der Waals surface area contributed by atoms with Gasteiger partial charge in [0.1, 0.15) is 0 Å². The van der Waals surface area contributed by atoms with E-state index >= 15 is 0 Å². The highest BCUT2D eigenvalue weighted by Crippen LogP contribution is 2.17. The van der Waals surface area contributed by atoms with Gasteiger partial charge in [-0.3, -0.25) is 9.69 Å². The zero-order chi connectivity index (χ0) is 15.0. The van der Waals surface area contributed by atoms with Crippen molar-refractivity contribution in [3.05, 3.63) is 55.1 Å². The highest BCUT2D eigenvalue weighted by atomic mass is 16.2. The Labute approximate surface area is 122 Å². The van der Waals surface area contributed by atoms with E-state index < -0.39 is 0 Å². The summed E-state index contributed by atoms with van der Waals surface area (Å²) in [5.41, 5.74) is 2.10. The molecule has 0 aromatic heterocycles. The molecule has 0 fully saturated rings. The molecular weight excluding hydrogens is 248 g/mol. The van der Waals surface area contributed by atoms with Crippen LogP contribution in [0.25, 0.3) is 0 Å². The number of hydrogen-bond acceptors (Lipinski definition) is 2. The smallest absolute Gasteiger partial charge is 0.238 e. The first-order valence-electron chi connectivity index (χ1n) is 6.90. The molecule has 1 N–H and O–H groups in total. The third kappa shape index (κ3) is 5.41. The predicted molar refractivity (Wildman–Crippen MR) is 86.0 cm³/mol. The fourth-order valence-electron chi connectivity index (χ4n) is 1.92. The predicted octanol–water partition coefficient (Wildman–Crippen LogP) is 3.42. The fourth-order valence-corrected chi connectivity index (χ4v) is 1.92. The van der Waals surface area contributed by atoms with Crippen LogP contribution < -0.4 is 5.32 Å². The second-order valence-corrected chi connectivity index (χ2v) is 5.10. The van der Waals surface area contributed by atoms with Gasteiger partial charge in [-0.15, -0.1) is 13.2 Å². The van der Waals surface area contributed by atoms with Gasteiger partial charge >= 0.3 is 0 Å². The molecule has 0 aliphatic carbocycles. The number of nitrogens with one attached hydrogen (secondary N) is 1. The van der Waals surface area contributed by atoms with E-state index in [1.54, 1.807) is 12.2 Å². The molecule has 1 aromatic carbocycles. The van der Waals surface area contributed by atoms with Gasteiger partial charge in [0.05, 0.1) is 6.54 Å². The Bertz CT molecular complexity index is 439. The summed E-state index contributed by atoms with van der Waals surface area (Å²) >= 11 is 0. The summed E-state index contributed by atoms with van der Waals surface area (Å²) in [6, 6.07) is 7.98. The van der Waals surface area contributed by atoms with Crippen molar-refractivity contribution in [2.75, 3.05) is 25.0 Å². The average molecular weight is 272 g/mol. The number of rotatable bonds is 8. The summed E-state index contributed by atoms with van der Waals surface area (Å²) in [7, 11) is 0. The van der Waals surface area contributed by atoms with E-state index in [4.69, 9.17) is 0 Å². The van der Waals surface area contributed by atoms with Crippen LogP contribution in [-0.2, 0) is 4.79 Å². The number of anilines is 1. The largest absolute Gasteiger partial charge is 0.325 e. The maximum Gasteiger partial charge on any atom is 0.238 e. The molecule has 0 saturated carbocycles. The van der Waals surface area contributed by atoms with E-state index in [0.717, 1.165) is 5.69 Å². The van der Waals surface area contributed by atoms with Crippen LogP contribution in [0.4, 0.5) is 5.69 Å². The Morgan fingerprint density at radius 1 is 1.20 bits per heavy atom. The van der Waals surface area contributed by atoms with Gasteiger partial charge < -0.3 is 5.32 Å². The van der Waals surface area contributed by atoms with Crippen molar-refractivity contribution in [1.29, 1.82) is 0 Å². The quantitative estimate of drug-likeness (QED) is 0.735. The first kappa shape index (κ1) is 16.2. The molecule has 0 aliphatic rings. The van der Waals surface area contributed by atoms with Gasteiger partial charge in [0.25, 0.3) is 0 Å². The van der Waals surface area contributed by atoms with Crippen molar-refractivity contribution in [3.63, 3.8) is 0 Å². The first-order chi connectivity index (χ1) is 9.56. The number of hydrogen-bond donors (Lipinski definition) is 1. The maximum absolute atomic E-state index is 12.0. The molecule has 0 atom stereocenters. The molecule has 108 valence electrons. The van der Waals surface area contributed by atoms with Crippen molar-refractivity contribution >= 4 is 11.6 Å². The molecule has 20 heavy (non-hydrogen) atoms. The van der Waals surface area contributed by atoms with E-state index in [2.05, 4.69) is 32.3 Å². The van der Waals surface area contributed by atoms with Crippen molar-refractivity contribution in [2.24, 2.45) is 0 Å². The third-order valence-electron chi connectivity index (χ3n) is 3.00. The summed E-state index contributed by atoms with van der Waals surface area (Å²) in [6.45, 7) is 13.4. The minimum Gasteiger partial charge on any atom is -0.325 e. The summed E-state index contributed by atoms with van der Waals surface area (Å²) < 4.78 is 0. The van der Waals surface area contributed by atoms with Crippen LogP contribution in [0.15, 0.2) is 49.6 Å². The molecule has 0 heterocycles. The van der Waals surface area contributed by atoms with E-state index in [9.17, 15) is 4.79 Å². The second-order valence-electron chi connectivity index (χ2n) is 5.10. The van der Waals surface area contributed by atoms with Gasteiger partial charge in [-0.2, -0.15) is 0 Å². The topological polar surface area (TPSA) is 32.3 Å². The number of carbonyl (C=O) groups excluding carboxylic acids is 1. The molecule has 0 saturated heterocycles. The van der Waals surface area contributed by atoms with Gasteiger partial charge in [-0.1, -0.05) is 38.1 Å². The van der Waals surface area contributed by atoms with Crippen molar-refractivity contribution in [3.8, 4) is 0 Å². The van der Waals surface area contributed by atoms with Crippen molar-refractivity contribution in [2.45, 2.75) is 19.8 Å². The molecule has 3 heteroatoms. The summed E-state index contributed by atoms with van der Waals surface area (Å²) in [4.78, 5) is 13.9. The Kier molecular flexibility index (Phi) is 6.74. The van der Waals surface area contributed by atoms with Crippen molar-refractivity contribution in [1.82, 2.24) is 4.90 Å². The first-order valence-corrected chi connectivity index (χ1v) is 6.90. The molecule has 3 nitrogen and oxygen atoms in total. The average Bonchev–Trinajstić information content (AvgIpc) is 2.39. The minimum absolute atomic E-state index is 0.0222. The second kappa shape index (κ2) is 8.33. The lowest BCUT2D eigenvalue weighted by molar-refractivity contribution is -0.117. The normalized spacial score (nSPS) is 10.6. The number of benzene rings is 1. The monoisotopic (exact) mass is 272 g/mol. The maximum atomic E-state index is 12.0. The molecule has 0 aliphatic heterocycles. The molecule has 0 unspecified atom stereocenters. The molecule has 0 spiro atoms. The zero-order valence-corrected chi connectivity index (χ0v) is 12.4. The van der Waals surface area contributed by atoms with Gasteiger partial charge in [0, 0.05) is 18.8 Å². The third-order valence-corrected chi connectivity index (χ3v) is 3.00. The Hall–Kier alpha value is -1.87. The lowest BCUT2D eigenvalue weighted by Gasteiger charge is -2.18. The van der Waals surface area contributed by atoms with Crippen LogP contribution in [0, 0.1) is 0 Å². The molecule has 0 radical (unpaired) electrons. The minimum atomic E-state index is -0.0222. The highest BCUT2D eigenvalue weighted by Gasteiger charge is 2.08. The number of amides is 1. The van der Waals surface area contributed by atoms with Crippen LogP contribution in [0.1, 0.15) is 25.3 Å². The zero-order valence-electron chi connectivity index (χ0n) is 12.4. The standard InChI is InChI=1S/C17H24N2O/c1-5-11-19(12-6-2)13-17(20)18-16-9-7-15(8-10-16)14(3)4/h5-10,14H,1-2,11-13H2,3-4H3,(H,18,20). The van der Waals surface area contributed by atoms with Crippen LogP contribution in [0.3, 0.4) is 0 Å². The van der Waals surface area contributed by atoms with E-state index in [-0.39, 0.29) is 5.91 Å². The van der Waals surface area contributed by atoms with E-state index in [0.29, 0.717) is 25.6 Å². The Morgan fingerprint density at radius 2 is 1.75 bits per heavy atom. The van der Waals surface area contributed by atoms with Crippen LogP contribution in [0.2, 0.25) is 0 Å². The Morgan fingerprint density at radius 3 is 2.20 bits per heavy atom. The Balaban J connectivity index is 2.56. The summed E-state index contributed by atoms with van der Waals surface area (Å²) in [5, 5.41) is 2.91. The van der Waals surface area contributed by atoms with Crippen molar-refractivity contribution < 1.29 is 4.79 Å². The lowest BCUT2D eigenvalue weighted by atomic mass is 10.0.